The second kappa shape index (κ2) is 6.34. The third kappa shape index (κ3) is 3.23. The van der Waals surface area contributed by atoms with Crippen LogP contribution in [0.2, 0.25) is 0 Å². The van der Waals surface area contributed by atoms with Gasteiger partial charge in [-0.2, -0.15) is 0 Å². The van der Waals surface area contributed by atoms with E-state index < -0.39 is 5.91 Å². The Morgan fingerprint density at radius 2 is 2.22 bits per heavy atom. The van der Waals surface area contributed by atoms with E-state index in [9.17, 15) is 9.59 Å². The van der Waals surface area contributed by atoms with Crippen molar-refractivity contribution >= 4 is 17.6 Å². The Morgan fingerprint density at radius 1 is 1.39 bits per heavy atom. The van der Waals surface area contributed by atoms with Crippen LogP contribution in [0.4, 0.5) is 10.5 Å². The van der Waals surface area contributed by atoms with Gasteiger partial charge in [-0.05, 0) is 12.1 Å². The van der Waals surface area contributed by atoms with Crippen molar-refractivity contribution in [3.8, 4) is 11.5 Å². The van der Waals surface area contributed by atoms with E-state index in [0.717, 1.165) is 0 Å². The standard InChI is InChI=1S/C14H16N6O3/c15-10-4-2-1-3-9(10)12-18-19-13(23-12)11(21)16-5-7-20-8-6-17-14(20)22/h1-4H,5-8,15H2,(H,16,21)(H,17,22). The maximum Gasteiger partial charge on any atom is 0.317 e. The SMILES string of the molecule is Nc1ccccc1-c1nnc(C(=O)NCCN2CCNC2=O)o1. The number of nitrogens with zero attached hydrogens (tertiary/aromatic N) is 3. The molecule has 0 atom stereocenters. The Balaban J connectivity index is 1.58. The van der Waals surface area contributed by atoms with Gasteiger partial charge in [0.2, 0.25) is 5.89 Å². The Hall–Kier alpha value is -3.10. The van der Waals surface area contributed by atoms with E-state index in [2.05, 4.69) is 20.8 Å². The lowest BCUT2D eigenvalue weighted by Crippen LogP contribution is -2.36. The molecule has 0 spiro atoms. The Bertz CT molecular complexity index is 729. The van der Waals surface area contributed by atoms with Crippen LogP contribution < -0.4 is 16.4 Å². The molecule has 1 fully saturated rings. The molecule has 1 aliphatic rings. The van der Waals surface area contributed by atoms with Gasteiger partial charge >= 0.3 is 17.8 Å². The van der Waals surface area contributed by atoms with Gasteiger partial charge in [0.25, 0.3) is 0 Å². The summed E-state index contributed by atoms with van der Waals surface area (Å²) in [6.45, 7) is 1.98. The van der Waals surface area contributed by atoms with Crippen LogP contribution in [0.5, 0.6) is 0 Å². The summed E-state index contributed by atoms with van der Waals surface area (Å²) < 4.78 is 5.35. The summed E-state index contributed by atoms with van der Waals surface area (Å²) >= 11 is 0. The maximum absolute atomic E-state index is 12.0. The highest BCUT2D eigenvalue weighted by Crippen LogP contribution is 2.23. The van der Waals surface area contributed by atoms with Gasteiger partial charge in [0, 0.05) is 31.9 Å². The van der Waals surface area contributed by atoms with Crippen molar-refractivity contribution in [2.24, 2.45) is 0 Å². The summed E-state index contributed by atoms with van der Waals surface area (Å²) in [4.78, 5) is 24.9. The first-order chi connectivity index (χ1) is 11.1. The molecule has 0 radical (unpaired) electrons. The first-order valence-electron chi connectivity index (χ1n) is 7.14. The number of rotatable bonds is 5. The number of amides is 3. The van der Waals surface area contributed by atoms with Gasteiger partial charge in [-0.25, -0.2) is 4.79 Å². The van der Waals surface area contributed by atoms with Crippen LogP contribution in [-0.4, -0.2) is 53.2 Å². The summed E-state index contributed by atoms with van der Waals surface area (Å²) in [5, 5.41) is 12.9. The number of nitrogen functional groups attached to an aromatic ring is 1. The van der Waals surface area contributed by atoms with E-state index in [0.29, 0.717) is 37.4 Å². The number of nitrogens with two attached hydrogens (primary N) is 1. The van der Waals surface area contributed by atoms with Crippen LogP contribution in [-0.2, 0) is 0 Å². The van der Waals surface area contributed by atoms with Crippen LogP contribution in [0, 0.1) is 0 Å². The van der Waals surface area contributed by atoms with Gasteiger partial charge in [-0.1, -0.05) is 12.1 Å². The molecule has 1 aromatic carbocycles. The molecule has 0 bridgehead atoms. The molecule has 0 aliphatic carbocycles. The van der Waals surface area contributed by atoms with E-state index in [1.807, 2.05) is 0 Å². The van der Waals surface area contributed by atoms with E-state index in [1.165, 1.54) is 0 Å². The number of aromatic nitrogens is 2. The highest BCUT2D eigenvalue weighted by molar-refractivity contribution is 5.89. The zero-order chi connectivity index (χ0) is 16.2. The van der Waals surface area contributed by atoms with Gasteiger partial charge in [0.15, 0.2) is 0 Å². The van der Waals surface area contributed by atoms with Gasteiger partial charge in [-0.3, -0.25) is 4.79 Å². The zero-order valence-corrected chi connectivity index (χ0v) is 12.3. The molecule has 0 saturated carbocycles. The number of hydrogen-bond donors (Lipinski definition) is 3. The molecule has 0 unspecified atom stereocenters. The molecule has 2 heterocycles. The Kier molecular flexibility index (Phi) is 4.09. The number of para-hydroxylation sites is 1. The van der Waals surface area contributed by atoms with Crippen molar-refractivity contribution in [1.29, 1.82) is 0 Å². The number of anilines is 1. The fourth-order valence-corrected chi connectivity index (χ4v) is 2.22. The number of urea groups is 1. The Labute approximate surface area is 131 Å². The Morgan fingerprint density at radius 3 is 2.96 bits per heavy atom. The van der Waals surface area contributed by atoms with Crippen LogP contribution >= 0.6 is 0 Å². The number of carbonyl (C=O) groups is 2. The summed E-state index contributed by atoms with van der Waals surface area (Å²) in [5.74, 6) is -0.445. The average Bonchev–Trinajstić information content (AvgIpc) is 3.17. The molecule has 2 aromatic rings. The molecule has 1 saturated heterocycles. The molecule has 4 N–H and O–H groups in total. The third-order valence-corrected chi connectivity index (χ3v) is 3.42. The first kappa shape index (κ1) is 14.8. The van der Waals surface area contributed by atoms with Crippen LogP contribution in [0.1, 0.15) is 10.7 Å². The molecule has 23 heavy (non-hydrogen) atoms. The van der Waals surface area contributed by atoms with E-state index >= 15 is 0 Å². The molecule has 1 aromatic heterocycles. The largest absolute Gasteiger partial charge is 0.412 e. The molecular weight excluding hydrogens is 300 g/mol. The van der Waals surface area contributed by atoms with Crippen LogP contribution in [0.25, 0.3) is 11.5 Å². The molecule has 120 valence electrons. The van der Waals surface area contributed by atoms with Crippen molar-refractivity contribution in [3.63, 3.8) is 0 Å². The second-order valence-electron chi connectivity index (χ2n) is 4.97. The summed E-state index contributed by atoms with van der Waals surface area (Å²) in [7, 11) is 0. The van der Waals surface area contributed by atoms with E-state index in [-0.39, 0.29) is 17.8 Å². The highest BCUT2D eigenvalue weighted by atomic mass is 16.4. The zero-order valence-electron chi connectivity index (χ0n) is 12.3. The van der Waals surface area contributed by atoms with Gasteiger partial charge < -0.3 is 25.7 Å². The van der Waals surface area contributed by atoms with E-state index in [1.54, 1.807) is 29.2 Å². The first-order valence-corrected chi connectivity index (χ1v) is 7.14. The predicted molar refractivity (Wildman–Crippen MR) is 81.5 cm³/mol. The number of benzene rings is 1. The minimum Gasteiger partial charge on any atom is -0.412 e. The lowest BCUT2D eigenvalue weighted by molar-refractivity contribution is 0.0916. The smallest absolute Gasteiger partial charge is 0.317 e. The monoisotopic (exact) mass is 316 g/mol. The lowest BCUT2D eigenvalue weighted by Gasteiger charge is -2.13. The van der Waals surface area contributed by atoms with Crippen molar-refractivity contribution in [1.82, 2.24) is 25.7 Å². The number of nitrogens with one attached hydrogen (secondary N) is 2. The molecule has 3 amide bonds. The van der Waals surface area contributed by atoms with Crippen molar-refractivity contribution in [2.75, 3.05) is 31.9 Å². The lowest BCUT2D eigenvalue weighted by atomic mass is 10.2. The minimum absolute atomic E-state index is 0.126. The fraction of sp³-hybridized carbons (Fsp3) is 0.286. The topological polar surface area (TPSA) is 126 Å². The molecule has 1 aliphatic heterocycles. The van der Waals surface area contributed by atoms with Gasteiger partial charge in [0.1, 0.15) is 0 Å². The minimum atomic E-state index is -0.488. The maximum atomic E-state index is 12.0. The van der Waals surface area contributed by atoms with Crippen LogP contribution in [0.15, 0.2) is 28.7 Å². The summed E-state index contributed by atoms with van der Waals surface area (Å²) in [6.07, 6.45) is 0. The molecule has 3 rings (SSSR count). The van der Waals surface area contributed by atoms with Gasteiger partial charge in [0.05, 0.1) is 5.56 Å². The molecule has 9 heteroatoms. The summed E-state index contributed by atoms with van der Waals surface area (Å²) in [5.41, 5.74) is 6.89. The predicted octanol–water partition coefficient (Wildman–Crippen LogP) is 0.0738. The molecule has 9 nitrogen and oxygen atoms in total. The number of hydrogen-bond acceptors (Lipinski definition) is 6. The van der Waals surface area contributed by atoms with Crippen molar-refractivity contribution < 1.29 is 14.0 Å². The average molecular weight is 316 g/mol. The van der Waals surface area contributed by atoms with E-state index in [4.69, 9.17) is 10.2 Å². The van der Waals surface area contributed by atoms with Crippen LogP contribution in [0.3, 0.4) is 0 Å². The van der Waals surface area contributed by atoms with Crippen molar-refractivity contribution in [2.45, 2.75) is 0 Å². The number of carbonyl (C=O) groups excluding carboxylic acids is 2. The fourth-order valence-electron chi connectivity index (χ4n) is 2.22. The normalized spacial score (nSPS) is 13.9. The van der Waals surface area contributed by atoms with Gasteiger partial charge in [-0.15, -0.1) is 10.2 Å². The second-order valence-corrected chi connectivity index (χ2v) is 4.97. The highest BCUT2D eigenvalue weighted by Gasteiger charge is 2.20. The molecular formula is C14H16N6O3. The van der Waals surface area contributed by atoms with Crippen molar-refractivity contribution in [3.05, 3.63) is 30.2 Å². The summed E-state index contributed by atoms with van der Waals surface area (Å²) in [6, 6.07) is 6.89. The third-order valence-electron chi connectivity index (χ3n) is 3.42. The quantitative estimate of drug-likeness (QED) is 0.670.